The summed E-state index contributed by atoms with van der Waals surface area (Å²) in [6, 6.07) is 10.0. The summed E-state index contributed by atoms with van der Waals surface area (Å²) in [5.74, 6) is 1.61. The molecule has 2 aromatic rings. The molecule has 0 spiro atoms. The van der Waals surface area contributed by atoms with Gasteiger partial charge >= 0.3 is 5.97 Å². The number of piperidine rings is 1. The van der Waals surface area contributed by atoms with Crippen LogP contribution in [0.15, 0.2) is 35.5 Å². The van der Waals surface area contributed by atoms with Crippen molar-refractivity contribution in [3.63, 3.8) is 0 Å². The molecule has 7 nitrogen and oxygen atoms in total. The number of carbonyl (C=O) groups is 2. The number of aryl methyl sites for hydroxylation is 1. The molecule has 0 aliphatic carbocycles. The minimum Gasteiger partial charge on any atom is -0.466 e. The average Bonchev–Trinajstić information content (AvgIpc) is 3.12. The van der Waals surface area contributed by atoms with Gasteiger partial charge in [-0.3, -0.25) is 14.2 Å². The Labute approximate surface area is 175 Å². The Balaban J connectivity index is 1.43. The quantitative estimate of drug-likeness (QED) is 0.373. The topological polar surface area (TPSA) is 77.3 Å². The van der Waals surface area contributed by atoms with Crippen molar-refractivity contribution >= 4 is 23.6 Å². The number of rotatable bonds is 8. The van der Waals surface area contributed by atoms with Crippen LogP contribution in [0.2, 0.25) is 0 Å². The normalized spacial score (nSPS) is 14.8. The van der Waals surface area contributed by atoms with Crippen molar-refractivity contribution in [2.45, 2.75) is 44.7 Å². The van der Waals surface area contributed by atoms with Gasteiger partial charge in [0, 0.05) is 31.0 Å². The fourth-order valence-corrected chi connectivity index (χ4v) is 4.42. The second-order valence-electron chi connectivity index (χ2n) is 7.06. The number of nitrogens with zero attached hydrogens (tertiary/aromatic N) is 4. The van der Waals surface area contributed by atoms with Crippen molar-refractivity contribution < 1.29 is 14.3 Å². The van der Waals surface area contributed by atoms with E-state index >= 15 is 0 Å². The van der Waals surface area contributed by atoms with E-state index in [1.165, 1.54) is 0 Å². The molecule has 3 rings (SSSR count). The third-order valence-electron chi connectivity index (χ3n) is 5.04. The Bertz CT molecular complexity index is 817. The van der Waals surface area contributed by atoms with Crippen LogP contribution in [0.1, 0.15) is 38.4 Å². The number of ether oxygens (including phenoxy) is 1. The number of likely N-dealkylation sites (tertiary alicyclic amines) is 1. The van der Waals surface area contributed by atoms with Gasteiger partial charge in [0.15, 0.2) is 5.16 Å². The van der Waals surface area contributed by atoms with Crippen LogP contribution in [-0.4, -0.2) is 57.0 Å². The summed E-state index contributed by atoms with van der Waals surface area (Å²) in [6.45, 7) is 5.44. The molecule has 0 saturated carbocycles. The van der Waals surface area contributed by atoms with Gasteiger partial charge in [0.25, 0.3) is 0 Å². The molecule has 0 N–H and O–H groups in total. The van der Waals surface area contributed by atoms with Crippen molar-refractivity contribution in [3.05, 3.63) is 36.2 Å². The summed E-state index contributed by atoms with van der Waals surface area (Å²) < 4.78 is 7.12. The number of amides is 1. The predicted molar refractivity (Wildman–Crippen MR) is 112 cm³/mol. The largest absolute Gasteiger partial charge is 0.466 e. The van der Waals surface area contributed by atoms with E-state index in [9.17, 15) is 9.59 Å². The maximum absolute atomic E-state index is 12.5. The molecule has 1 fully saturated rings. The zero-order valence-corrected chi connectivity index (χ0v) is 17.9. The van der Waals surface area contributed by atoms with Crippen molar-refractivity contribution in [2.24, 2.45) is 5.92 Å². The van der Waals surface area contributed by atoms with Gasteiger partial charge < -0.3 is 9.64 Å². The SMILES string of the molecule is CCOC(=O)C1CCN(C(=O)CCCSc2nnc(C)n2-c2ccccc2)CC1. The molecular weight excluding hydrogens is 388 g/mol. The van der Waals surface area contributed by atoms with Crippen LogP contribution in [0.5, 0.6) is 0 Å². The molecule has 8 heteroatoms. The number of benzene rings is 1. The van der Waals surface area contributed by atoms with Crippen molar-refractivity contribution in [1.82, 2.24) is 19.7 Å². The van der Waals surface area contributed by atoms with E-state index < -0.39 is 0 Å². The minimum atomic E-state index is -0.131. The van der Waals surface area contributed by atoms with Gasteiger partial charge in [-0.1, -0.05) is 30.0 Å². The highest BCUT2D eigenvalue weighted by Gasteiger charge is 2.27. The summed E-state index contributed by atoms with van der Waals surface area (Å²) in [5, 5.41) is 9.31. The third kappa shape index (κ3) is 5.59. The third-order valence-corrected chi connectivity index (χ3v) is 6.06. The van der Waals surface area contributed by atoms with Gasteiger partial charge in [-0.25, -0.2) is 0 Å². The minimum absolute atomic E-state index is 0.0675. The zero-order valence-electron chi connectivity index (χ0n) is 17.0. The molecule has 1 aromatic carbocycles. The lowest BCUT2D eigenvalue weighted by molar-refractivity contribution is -0.151. The fourth-order valence-electron chi connectivity index (χ4n) is 3.48. The lowest BCUT2D eigenvalue weighted by atomic mass is 9.97. The Morgan fingerprint density at radius 3 is 2.59 bits per heavy atom. The number of carbonyl (C=O) groups excluding carboxylic acids is 2. The number of hydrogen-bond acceptors (Lipinski definition) is 6. The first-order chi connectivity index (χ1) is 14.1. The Morgan fingerprint density at radius 2 is 1.90 bits per heavy atom. The van der Waals surface area contributed by atoms with E-state index in [0.29, 0.717) is 39.0 Å². The van der Waals surface area contributed by atoms with Crippen molar-refractivity contribution in [3.8, 4) is 5.69 Å². The van der Waals surface area contributed by atoms with Gasteiger partial charge in [0.2, 0.25) is 5.91 Å². The molecule has 1 saturated heterocycles. The standard InChI is InChI=1S/C21H28N4O3S/c1-3-28-20(27)17-11-13-24(14-12-17)19(26)10-7-15-29-21-23-22-16(2)25(21)18-8-5-4-6-9-18/h4-6,8-9,17H,3,7,10-15H2,1-2H3. The molecule has 1 aliphatic rings. The highest BCUT2D eigenvalue weighted by Crippen LogP contribution is 2.23. The monoisotopic (exact) mass is 416 g/mol. The molecule has 156 valence electrons. The number of esters is 1. The van der Waals surface area contributed by atoms with Crippen LogP contribution >= 0.6 is 11.8 Å². The maximum atomic E-state index is 12.5. The van der Waals surface area contributed by atoms with Gasteiger partial charge in [-0.2, -0.15) is 0 Å². The van der Waals surface area contributed by atoms with Gasteiger partial charge in [-0.05, 0) is 45.2 Å². The summed E-state index contributed by atoms with van der Waals surface area (Å²) in [4.78, 5) is 26.2. The second kappa shape index (κ2) is 10.4. The van der Waals surface area contributed by atoms with Gasteiger partial charge in [0.05, 0.1) is 12.5 Å². The van der Waals surface area contributed by atoms with Crippen LogP contribution in [0.25, 0.3) is 5.69 Å². The Kier molecular flexibility index (Phi) is 7.69. The molecule has 2 heterocycles. The predicted octanol–water partition coefficient (Wildman–Crippen LogP) is 3.25. The number of thioether (sulfide) groups is 1. The van der Waals surface area contributed by atoms with E-state index in [4.69, 9.17) is 4.74 Å². The molecule has 29 heavy (non-hydrogen) atoms. The summed E-state index contributed by atoms with van der Waals surface area (Å²) in [7, 11) is 0. The summed E-state index contributed by atoms with van der Waals surface area (Å²) in [5.41, 5.74) is 1.04. The second-order valence-corrected chi connectivity index (χ2v) is 8.12. The Morgan fingerprint density at radius 1 is 1.17 bits per heavy atom. The molecule has 1 aromatic heterocycles. The molecule has 0 atom stereocenters. The smallest absolute Gasteiger partial charge is 0.309 e. The summed E-state index contributed by atoms with van der Waals surface area (Å²) >= 11 is 1.62. The molecule has 1 aliphatic heterocycles. The number of para-hydroxylation sites is 1. The van der Waals surface area contributed by atoms with E-state index in [1.807, 2.05) is 53.6 Å². The van der Waals surface area contributed by atoms with E-state index in [2.05, 4.69) is 10.2 Å². The lowest BCUT2D eigenvalue weighted by Crippen LogP contribution is -2.40. The van der Waals surface area contributed by atoms with Crippen LogP contribution in [0, 0.1) is 12.8 Å². The first-order valence-corrected chi connectivity index (χ1v) is 11.1. The van der Waals surface area contributed by atoms with Crippen molar-refractivity contribution in [2.75, 3.05) is 25.4 Å². The fraction of sp³-hybridized carbons (Fsp3) is 0.524. The molecule has 0 bridgehead atoms. The molecule has 0 radical (unpaired) electrons. The maximum Gasteiger partial charge on any atom is 0.309 e. The van der Waals surface area contributed by atoms with E-state index in [0.717, 1.165) is 28.8 Å². The molecule has 0 unspecified atom stereocenters. The molecular formula is C21H28N4O3S. The van der Waals surface area contributed by atoms with Crippen LogP contribution in [0.3, 0.4) is 0 Å². The highest BCUT2D eigenvalue weighted by atomic mass is 32.2. The average molecular weight is 417 g/mol. The Hall–Kier alpha value is -2.35. The lowest BCUT2D eigenvalue weighted by Gasteiger charge is -2.31. The molecule has 1 amide bonds. The van der Waals surface area contributed by atoms with E-state index in [-0.39, 0.29) is 17.8 Å². The number of aromatic nitrogens is 3. The van der Waals surface area contributed by atoms with Crippen LogP contribution in [-0.2, 0) is 14.3 Å². The zero-order chi connectivity index (χ0) is 20.6. The first-order valence-electron chi connectivity index (χ1n) is 10.1. The van der Waals surface area contributed by atoms with Crippen LogP contribution < -0.4 is 0 Å². The first kappa shape index (κ1) is 21.4. The van der Waals surface area contributed by atoms with Gasteiger partial charge in [0.1, 0.15) is 5.82 Å². The highest BCUT2D eigenvalue weighted by molar-refractivity contribution is 7.99. The number of hydrogen-bond donors (Lipinski definition) is 0. The van der Waals surface area contributed by atoms with Crippen LogP contribution in [0.4, 0.5) is 0 Å². The summed E-state index contributed by atoms with van der Waals surface area (Å²) in [6.07, 6.45) is 2.68. The van der Waals surface area contributed by atoms with Gasteiger partial charge in [-0.15, -0.1) is 10.2 Å². The van der Waals surface area contributed by atoms with Crippen molar-refractivity contribution in [1.29, 1.82) is 0 Å². The van der Waals surface area contributed by atoms with E-state index in [1.54, 1.807) is 11.8 Å².